The molecule has 1 aromatic carbocycles. The van der Waals surface area contributed by atoms with Crippen molar-refractivity contribution in [3.63, 3.8) is 0 Å². The van der Waals surface area contributed by atoms with Crippen LogP contribution in [0.3, 0.4) is 0 Å². The van der Waals surface area contributed by atoms with Crippen molar-refractivity contribution < 1.29 is 9.84 Å². The highest BCUT2D eigenvalue weighted by atomic mass is 16.5. The minimum absolute atomic E-state index is 0.0256. The second-order valence-corrected chi connectivity index (χ2v) is 4.39. The van der Waals surface area contributed by atoms with Crippen molar-refractivity contribution >= 4 is 0 Å². The number of hydrogen-bond donors (Lipinski definition) is 2. The highest BCUT2D eigenvalue weighted by Crippen LogP contribution is 2.32. The predicted molar refractivity (Wildman–Crippen MR) is 58.4 cm³/mol. The molecule has 3 nitrogen and oxygen atoms in total. The van der Waals surface area contributed by atoms with E-state index in [4.69, 9.17) is 4.74 Å². The third-order valence-electron chi connectivity index (χ3n) is 2.64. The molecule has 0 saturated carbocycles. The summed E-state index contributed by atoms with van der Waals surface area (Å²) in [7, 11) is 0. The molecule has 0 aliphatic carbocycles. The highest BCUT2D eigenvalue weighted by molar-refractivity contribution is 5.20. The SMILES string of the molecule is CC1(C)NC(CO)C(c2ccccc2)O1. The second-order valence-electron chi connectivity index (χ2n) is 4.39. The summed E-state index contributed by atoms with van der Waals surface area (Å²) >= 11 is 0. The first kappa shape index (κ1) is 10.6. The Kier molecular flexibility index (Phi) is 2.78. The monoisotopic (exact) mass is 207 g/mol. The quantitative estimate of drug-likeness (QED) is 0.771. The van der Waals surface area contributed by atoms with Crippen molar-refractivity contribution in [3.05, 3.63) is 35.9 Å². The summed E-state index contributed by atoms with van der Waals surface area (Å²) in [4.78, 5) is 0. The van der Waals surface area contributed by atoms with Gasteiger partial charge < -0.3 is 9.84 Å². The van der Waals surface area contributed by atoms with Gasteiger partial charge in [0.2, 0.25) is 0 Å². The minimum Gasteiger partial charge on any atom is -0.395 e. The van der Waals surface area contributed by atoms with Gasteiger partial charge in [-0.15, -0.1) is 0 Å². The number of aliphatic hydroxyl groups is 1. The molecular weight excluding hydrogens is 190 g/mol. The van der Waals surface area contributed by atoms with Crippen LogP contribution in [-0.4, -0.2) is 23.5 Å². The van der Waals surface area contributed by atoms with E-state index in [0.29, 0.717) is 0 Å². The van der Waals surface area contributed by atoms with Gasteiger partial charge in [0.05, 0.1) is 12.6 Å². The largest absolute Gasteiger partial charge is 0.395 e. The molecule has 0 bridgehead atoms. The molecule has 15 heavy (non-hydrogen) atoms. The Morgan fingerprint density at radius 2 is 2.00 bits per heavy atom. The predicted octanol–water partition coefficient (Wildman–Crippen LogP) is 1.44. The van der Waals surface area contributed by atoms with Crippen LogP contribution in [-0.2, 0) is 4.74 Å². The Hall–Kier alpha value is -0.900. The van der Waals surface area contributed by atoms with E-state index in [0.717, 1.165) is 5.56 Å². The molecule has 82 valence electrons. The van der Waals surface area contributed by atoms with Crippen molar-refractivity contribution in [2.24, 2.45) is 0 Å². The molecular formula is C12H17NO2. The van der Waals surface area contributed by atoms with Crippen LogP contribution in [0.2, 0.25) is 0 Å². The van der Waals surface area contributed by atoms with Crippen molar-refractivity contribution in [3.8, 4) is 0 Å². The maximum absolute atomic E-state index is 9.29. The lowest BCUT2D eigenvalue weighted by Gasteiger charge is -2.18. The van der Waals surface area contributed by atoms with Gasteiger partial charge in [-0.3, -0.25) is 5.32 Å². The van der Waals surface area contributed by atoms with Gasteiger partial charge in [0.15, 0.2) is 0 Å². The summed E-state index contributed by atoms with van der Waals surface area (Å²) in [6, 6.07) is 9.97. The number of ether oxygens (including phenoxy) is 1. The van der Waals surface area contributed by atoms with Crippen LogP contribution in [0.5, 0.6) is 0 Å². The van der Waals surface area contributed by atoms with Crippen LogP contribution in [0.15, 0.2) is 30.3 Å². The van der Waals surface area contributed by atoms with Crippen molar-refractivity contribution in [2.45, 2.75) is 31.7 Å². The Morgan fingerprint density at radius 1 is 1.33 bits per heavy atom. The van der Waals surface area contributed by atoms with Crippen LogP contribution < -0.4 is 5.32 Å². The summed E-state index contributed by atoms with van der Waals surface area (Å²) in [5.74, 6) is 0. The van der Waals surface area contributed by atoms with Crippen LogP contribution in [0.1, 0.15) is 25.5 Å². The average molecular weight is 207 g/mol. The zero-order chi connectivity index (χ0) is 10.9. The highest BCUT2D eigenvalue weighted by Gasteiger charge is 2.39. The fourth-order valence-electron chi connectivity index (χ4n) is 2.04. The van der Waals surface area contributed by atoms with Crippen molar-refractivity contribution in [2.75, 3.05) is 6.61 Å². The Bertz CT molecular complexity index is 324. The van der Waals surface area contributed by atoms with Gasteiger partial charge in [-0.05, 0) is 19.4 Å². The van der Waals surface area contributed by atoms with Crippen molar-refractivity contribution in [1.82, 2.24) is 5.32 Å². The van der Waals surface area contributed by atoms with Crippen LogP contribution in [0.25, 0.3) is 0 Å². The first-order valence-electron chi connectivity index (χ1n) is 5.24. The van der Waals surface area contributed by atoms with E-state index in [1.165, 1.54) is 0 Å². The van der Waals surface area contributed by atoms with E-state index in [1.54, 1.807) is 0 Å². The molecule has 0 radical (unpaired) electrons. The topological polar surface area (TPSA) is 41.5 Å². The molecule has 1 saturated heterocycles. The summed E-state index contributed by atoms with van der Waals surface area (Å²) < 4.78 is 5.87. The minimum atomic E-state index is -0.367. The van der Waals surface area contributed by atoms with E-state index in [-0.39, 0.29) is 24.5 Å². The van der Waals surface area contributed by atoms with E-state index in [9.17, 15) is 5.11 Å². The molecule has 1 aliphatic rings. The number of rotatable bonds is 2. The smallest absolute Gasteiger partial charge is 0.114 e. The molecule has 1 heterocycles. The Labute approximate surface area is 90.1 Å². The molecule has 0 amide bonds. The first-order chi connectivity index (χ1) is 7.12. The lowest BCUT2D eigenvalue weighted by Crippen LogP contribution is -2.40. The molecule has 2 atom stereocenters. The maximum atomic E-state index is 9.29. The molecule has 1 aromatic rings. The molecule has 1 aliphatic heterocycles. The van der Waals surface area contributed by atoms with E-state index in [1.807, 2.05) is 44.2 Å². The summed E-state index contributed by atoms with van der Waals surface area (Å²) in [6.07, 6.45) is -0.0637. The zero-order valence-electron chi connectivity index (χ0n) is 9.10. The van der Waals surface area contributed by atoms with E-state index in [2.05, 4.69) is 5.32 Å². The van der Waals surface area contributed by atoms with Gasteiger partial charge in [0, 0.05) is 0 Å². The molecule has 0 aromatic heterocycles. The Balaban J connectivity index is 2.22. The number of hydrogen-bond acceptors (Lipinski definition) is 3. The van der Waals surface area contributed by atoms with Crippen molar-refractivity contribution in [1.29, 1.82) is 0 Å². The van der Waals surface area contributed by atoms with Crippen LogP contribution in [0, 0.1) is 0 Å². The third-order valence-corrected chi connectivity index (χ3v) is 2.64. The van der Waals surface area contributed by atoms with Gasteiger partial charge >= 0.3 is 0 Å². The van der Waals surface area contributed by atoms with Gasteiger partial charge in [0.25, 0.3) is 0 Å². The lowest BCUT2D eigenvalue weighted by atomic mass is 10.0. The summed E-state index contributed by atoms with van der Waals surface area (Å²) in [5.41, 5.74) is 0.739. The lowest BCUT2D eigenvalue weighted by molar-refractivity contribution is -0.0274. The molecule has 2 rings (SSSR count). The number of nitrogens with one attached hydrogen (secondary N) is 1. The summed E-state index contributed by atoms with van der Waals surface area (Å²) in [5, 5.41) is 12.5. The standard InChI is InChI=1S/C12H17NO2/c1-12(2)13-10(8-14)11(15-12)9-6-4-3-5-7-9/h3-7,10-11,13-14H,8H2,1-2H3. The summed E-state index contributed by atoms with van der Waals surface area (Å²) in [6.45, 7) is 4.03. The van der Waals surface area contributed by atoms with Crippen LogP contribution >= 0.6 is 0 Å². The molecule has 2 N–H and O–H groups in total. The number of benzene rings is 1. The number of aliphatic hydroxyl groups excluding tert-OH is 1. The van der Waals surface area contributed by atoms with Gasteiger partial charge in [-0.2, -0.15) is 0 Å². The van der Waals surface area contributed by atoms with Gasteiger partial charge in [-0.25, -0.2) is 0 Å². The fourth-order valence-corrected chi connectivity index (χ4v) is 2.04. The van der Waals surface area contributed by atoms with Gasteiger partial charge in [0.1, 0.15) is 11.8 Å². The van der Waals surface area contributed by atoms with E-state index >= 15 is 0 Å². The first-order valence-corrected chi connectivity index (χ1v) is 5.24. The Morgan fingerprint density at radius 3 is 2.60 bits per heavy atom. The molecule has 3 heteroatoms. The van der Waals surface area contributed by atoms with Crippen LogP contribution in [0.4, 0.5) is 0 Å². The fraction of sp³-hybridized carbons (Fsp3) is 0.500. The normalized spacial score (nSPS) is 29.3. The molecule has 2 unspecified atom stereocenters. The zero-order valence-corrected chi connectivity index (χ0v) is 9.10. The second kappa shape index (κ2) is 3.93. The molecule has 1 fully saturated rings. The maximum Gasteiger partial charge on any atom is 0.114 e. The van der Waals surface area contributed by atoms with Gasteiger partial charge in [-0.1, -0.05) is 30.3 Å². The third kappa shape index (κ3) is 2.20. The average Bonchev–Trinajstić information content (AvgIpc) is 2.55. The van der Waals surface area contributed by atoms with E-state index < -0.39 is 0 Å². The molecule has 0 spiro atoms.